The molecule has 3 rings (SSSR count). The number of aromatic nitrogens is 3. The van der Waals surface area contributed by atoms with E-state index in [2.05, 4.69) is 4.98 Å². The van der Waals surface area contributed by atoms with E-state index in [4.69, 9.17) is 16.1 Å². The Morgan fingerprint density at radius 3 is 2.90 bits per heavy atom. The van der Waals surface area contributed by atoms with Gasteiger partial charge in [0.05, 0.1) is 0 Å². The van der Waals surface area contributed by atoms with Crippen LogP contribution in [0.4, 0.5) is 0 Å². The molecule has 1 aliphatic carbocycles. The summed E-state index contributed by atoms with van der Waals surface area (Å²) < 4.78 is 1.94. The lowest BCUT2D eigenvalue weighted by Gasteiger charge is -2.18. The van der Waals surface area contributed by atoms with Gasteiger partial charge < -0.3 is 10.3 Å². The maximum atomic E-state index is 7.77. The third kappa shape index (κ3) is 2.43. The maximum absolute atomic E-state index is 7.77. The number of rotatable bonds is 3. The van der Waals surface area contributed by atoms with Crippen molar-refractivity contribution < 1.29 is 0 Å². The third-order valence-electron chi connectivity index (χ3n) is 3.52. The van der Waals surface area contributed by atoms with Crippen LogP contribution in [0.5, 0.6) is 0 Å². The number of nitrogen functional groups attached to an aromatic ring is 1. The van der Waals surface area contributed by atoms with Crippen molar-refractivity contribution in [1.82, 2.24) is 14.5 Å². The summed E-state index contributed by atoms with van der Waals surface area (Å²) in [5.41, 5.74) is 8.83. The summed E-state index contributed by atoms with van der Waals surface area (Å²) in [5.74, 6) is 0.0718. The molecule has 0 aromatic carbocycles. The first-order valence-corrected chi connectivity index (χ1v) is 7.49. The number of fused-ring (bicyclic) bond motifs is 1. The zero-order valence-electron chi connectivity index (χ0n) is 11.4. The highest BCUT2D eigenvalue weighted by Crippen LogP contribution is 2.31. The fourth-order valence-corrected chi connectivity index (χ4v) is 3.35. The highest BCUT2D eigenvalue weighted by molar-refractivity contribution is 7.99. The summed E-state index contributed by atoms with van der Waals surface area (Å²) >= 11 is 1.47. The third-order valence-corrected chi connectivity index (χ3v) is 4.60. The molecule has 0 saturated carbocycles. The first kappa shape index (κ1) is 13.2. The molecule has 0 amide bonds. The molecule has 0 spiro atoms. The molecule has 0 atom stereocenters. The Bertz CT molecular complexity index is 662. The topological polar surface area (TPSA) is 80.6 Å². The van der Waals surface area contributed by atoms with Gasteiger partial charge in [-0.15, -0.1) is 0 Å². The summed E-state index contributed by atoms with van der Waals surface area (Å²) in [7, 11) is 1.95. The van der Waals surface area contributed by atoms with Crippen LogP contribution in [0.15, 0.2) is 28.6 Å². The molecular weight excluding hydrogens is 270 g/mol. The Hall–Kier alpha value is -1.82. The molecule has 2 aromatic heterocycles. The molecule has 6 heteroatoms. The van der Waals surface area contributed by atoms with Crippen LogP contribution >= 0.6 is 11.8 Å². The monoisotopic (exact) mass is 287 g/mol. The van der Waals surface area contributed by atoms with Gasteiger partial charge in [-0.1, -0.05) is 0 Å². The van der Waals surface area contributed by atoms with Crippen LogP contribution in [0, 0.1) is 5.41 Å². The standard InChI is InChI=1S/C14H17N5S/c1-19-7-6-17-14(19)20-13-10(12(15)16)8-9-4-2-3-5-11(9)18-13/h6-8H,2-5H2,1H3,(H3,15,16). The Morgan fingerprint density at radius 2 is 2.20 bits per heavy atom. The summed E-state index contributed by atoms with van der Waals surface area (Å²) in [6, 6.07) is 2.04. The minimum Gasteiger partial charge on any atom is -0.384 e. The molecule has 0 aliphatic heterocycles. The zero-order chi connectivity index (χ0) is 14.1. The summed E-state index contributed by atoms with van der Waals surface area (Å²) in [6.07, 6.45) is 8.09. The second kappa shape index (κ2) is 5.28. The molecule has 0 radical (unpaired) electrons. The van der Waals surface area contributed by atoms with E-state index in [1.54, 1.807) is 6.20 Å². The number of aryl methyl sites for hydroxylation is 3. The molecule has 5 nitrogen and oxygen atoms in total. The van der Waals surface area contributed by atoms with Gasteiger partial charge in [0.25, 0.3) is 0 Å². The van der Waals surface area contributed by atoms with Gasteiger partial charge in [-0.2, -0.15) is 0 Å². The van der Waals surface area contributed by atoms with Crippen molar-refractivity contribution in [2.45, 2.75) is 35.9 Å². The average molecular weight is 287 g/mol. The Morgan fingerprint density at radius 1 is 1.40 bits per heavy atom. The van der Waals surface area contributed by atoms with Gasteiger partial charge in [0.2, 0.25) is 0 Å². The number of hydrogen-bond donors (Lipinski definition) is 2. The van der Waals surface area contributed by atoms with Gasteiger partial charge in [-0.3, -0.25) is 5.41 Å². The molecule has 3 N–H and O–H groups in total. The molecule has 2 aromatic rings. The largest absolute Gasteiger partial charge is 0.384 e. The van der Waals surface area contributed by atoms with E-state index in [-0.39, 0.29) is 5.84 Å². The lowest BCUT2D eigenvalue weighted by atomic mass is 9.95. The van der Waals surface area contributed by atoms with Crippen LogP contribution in [0.25, 0.3) is 0 Å². The van der Waals surface area contributed by atoms with E-state index in [0.717, 1.165) is 34.3 Å². The quantitative estimate of drug-likeness (QED) is 0.669. The van der Waals surface area contributed by atoms with Crippen LogP contribution in [-0.2, 0) is 19.9 Å². The Kier molecular flexibility index (Phi) is 3.48. The number of nitrogens with two attached hydrogens (primary N) is 1. The molecule has 104 valence electrons. The lowest BCUT2D eigenvalue weighted by Crippen LogP contribution is -2.16. The van der Waals surface area contributed by atoms with Crippen LogP contribution in [-0.4, -0.2) is 20.4 Å². The normalized spacial score (nSPS) is 14.1. The van der Waals surface area contributed by atoms with Crippen molar-refractivity contribution in [1.29, 1.82) is 5.41 Å². The van der Waals surface area contributed by atoms with Crippen LogP contribution in [0.2, 0.25) is 0 Å². The van der Waals surface area contributed by atoms with Crippen molar-refractivity contribution in [2.24, 2.45) is 12.8 Å². The predicted octanol–water partition coefficient (Wildman–Crippen LogP) is 2.13. The summed E-state index contributed by atoms with van der Waals surface area (Å²) in [5, 5.41) is 9.42. The molecule has 0 saturated heterocycles. The maximum Gasteiger partial charge on any atom is 0.174 e. The second-order valence-electron chi connectivity index (χ2n) is 4.99. The molecule has 1 aliphatic rings. The van der Waals surface area contributed by atoms with Crippen molar-refractivity contribution in [3.63, 3.8) is 0 Å². The molecule has 2 heterocycles. The summed E-state index contributed by atoms with van der Waals surface area (Å²) in [4.78, 5) is 9.04. The highest BCUT2D eigenvalue weighted by Gasteiger charge is 2.18. The van der Waals surface area contributed by atoms with Crippen molar-refractivity contribution in [2.75, 3.05) is 0 Å². The van der Waals surface area contributed by atoms with E-state index < -0.39 is 0 Å². The van der Waals surface area contributed by atoms with Gasteiger partial charge in [-0.05, 0) is 49.1 Å². The van der Waals surface area contributed by atoms with Crippen LogP contribution in [0.1, 0.15) is 29.7 Å². The van der Waals surface area contributed by atoms with Gasteiger partial charge >= 0.3 is 0 Å². The number of nitrogens with zero attached hydrogens (tertiary/aromatic N) is 3. The van der Waals surface area contributed by atoms with Crippen molar-refractivity contribution in [3.8, 4) is 0 Å². The highest BCUT2D eigenvalue weighted by atomic mass is 32.2. The number of pyridine rings is 1. The van der Waals surface area contributed by atoms with Crippen LogP contribution in [0.3, 0.4) is 0 Å². The van der Waals surface area contributed by atoms with Gasteiger partial charge in [-0.25, -0.2) is 9.97 Å². The first-order chi connectivity index (χ1) is 9.65. The van der Waals surface area contributed by atoms with E-state index in [1.165, 1.54) is 30.2 Å². The van der Waals surface area contributed by atoms with Crippen molar-refractivity contribution >= 4 is 17.6 Å². The second-order valence-corrected chi connectivity index (χ2v) is 5.95. The van der Waals surface area contributed by atoms with Gasteiger partial charge in [0.15, 0.2) is 5.16 Å². The van der Waals surface area contributed by atoms with Gasteiger partial charge in [0.1, 0.15) is 10.9 Å². The van der Waals surface area contributed by atoms with Gasteiger partial charge in [0, 0.05) is 30.7 Å². The molecule has 0 bridgehead atoms. The molecule has 0 fully saturated rings. The fourth-order valence-electron chi connectivity index (χ4n) is 2.42. The number of hydrogen-bond acceptors (Lipinski definition) is 4. The average Bonchev–Trinajstić information content (AvgIpc) is 2.83. The number of amidine groups is 1. The molecule has 20 heavy (non-hydrogen) atoms. The first-order valence-electron chi connectivity index (χ1n) is 6.67. The minimum atomic E-state index is 0.0718. The number of nitrogens with one attached hydrogen (secondary N) is 1. The zero-order valence-corrected chi connectivity index (χ0v) is 12.2. The lowest BCUT2D eigenvalue weighted by molar-refractivity contribution is 0.659. The minimum absolute atomic E-state index is 0.0718. The number of imidazole rings is 1. The molecular formula is C14H17N5S. The van der Waals surface area contributed by atoms with Crippen LogP contribution < -0.4 is 5.73 Å². The van der Waals surface area contributed by atoms with Crippen molar-refractivity contribution in [3.05, 3.63) is 35.3 Å². The smallest absolute Gasteiger partial charge is 0.174 e. The molecule has 0 unspecified atom stereocenters. The fraction of sp³-hybridized carbons (Fsp3) is 0.357. The van der Waals surface area contributed by atoms with E-state index in [1.807, 2.05) is 23.9 Å². The predicted molar refractivity (Wildman–Crippen MR) is 79.2 cm³/mol. The SMILES string of the molecule is Cn1ccnc1Sc1nc2c(cc1C(=N)N)CCCC2. The van der Waals surface area contributed by atoms with E-state index in [9.17, 15) is 0 Å². The summed E-state index contributed by atoms with van der Waals surface area (Å²) in [6.45, 7) is 0. The Balaban J connectivity index is 2.04. The van der Waals surface area contributed by atoms with E-state index in [0.29, 0.717) is 0 Å². The van der Waals surface area contributed by atoms with E-state index >= 15 is 0 Å². The Labute approximate surface area is 122 Å².